The molecule has 3 heteroatoms. The topological polar surface area (TPSA) is 20.3 Å². The lowest BCUT2D eigenvalue weighted by molar-refractivity contribution is 0.0834. The first-order chi connectivity index (χ1) is 8.13. The number of carbonyl (C=O) groups is 1. The molecule has 0 amide bonds. The summed E-state index contributed by atoms with van der Waals surface area (Å²) in [6, 6.07) is 8.26. The molecule has 1 saturated carbocycles. The van der Waals surface area contributed by atoms with Gasteiger partial charge in [-0.15, -0.1) is 0 Å². The second-order valence-electron chi connectivity index (χ2n) is 4.61. The van der Waals surface area contributed by atoms with Gasteiger partial charge in [-0.05, 0) is 38.4 Å². The monoisotopic (exact) mass is 295 g/mol. The highest BCUT2D eigenvalue weighted by Gasteiger charge is 2.33. The number of Topliss-reactive ketones (excluding diaryl/α,β-unsaturated/α-hetero) is 1. The third-order valence-electron chi connectivity index (χ3n) is 3.39. The van der Waals surface area contributed by atoms with Gasteiger partial charge in [0.05, 0.1) is 6.04 Å². The van der Waals surface area contributed by atoms with Crippen molar-refractivity contribution >= 4 is 21.7 Å². The van der Waals surface area contributed by atoms with E-state index in [1.54, 1.807) is 0 Å². The largest absolute Gasteiger partial charge is 0.292 e. The summed E-state index contributed by atoms with van der Waals surface area (Å²) < 4.78 is 1.01. The van der Waals surface area contributed by atoms with Gasteiger partial charge in [-0.2, -0.15) is 0 Å². The molecule has 2 nitrogen and oxygen atoms in total. The van der Waals surface area contributed by atoms with Gasteiger partial charge in [0, 0.05) is 16.1 Å². The van der Waals surface area contributed by atoms with Crippen LogP contribution in [0.15, 0.2) is 28.7 Å². The molecule has 1 aromatic rings. The van der Waals surface area contributed by atoms with Crippen LogP contribution < -0.4 is 0 Å². The predicted molar refractivity (Wildman–Crippen MR) is 73.3 cm³/mol. The Hall–Kier alpha value is -0.670. The number of hydrogen-bond acceptors (Lipinski definition) is 2. The molecular weight excluding hydrogens is 278 g/mol. The first-order valence-corrected chi connectivity index (χ1v) is 6.98. The SMILES string of the molecule is CCN(C1CC1)C(C)C(=O)c1ccc(Br)cc1. The second-order valence-corrected chi connectivity index (χ2v) is 5.52. The minimum Gasteiger partial charge on any atom is -0.292 e. The van der Waals surface area contributed by atoms with Crippen molar-refractivity contribution in [3.8, 4) is 0 Å². The number of nitrogens with zero attached hydrogens (tertiary/aromatic N) is 1. The van der Waals surface area contributed by atoms with Crippen LogP contribution in [0.5, 0.6) is 0 Å². The lowest BCUT2D eigenvalue weighted by atomic mass is 10.0. The van der Waals surface area contributed by atoms with Crippen LogP contribution in [0.1, 0.15) is 37.0 Å². The van der Waals surface area contributed by atoms with Gasteiger partial charge in [-0.3, -0.25) is 9.69 Å². The summed E-state index contributed by atoms with van der Waals surface area (Å²) in [5.41, 5.74) is 0.805. The third kappa shape index (κ3) is 2.96. The molecule has 0 N–H and O–H groups in total. The Morgan fingerprint density at radius 3 is 2.47 bits per heavy atom. The Labute approximate surface area is 111 Å². The van der Waals surface area contributed by atoms with Crippen LogP contribution in [0, 0.1) is 0 Å². The first-order valence-electron chi connectivity index (χ1n) is 6.19. The van der Waals surface area contributed by atoms with Gasteiger partial charge >= 0.3 is 0 Å². The number of likely N-dealkylation sites (N-methyl/N-ethyl adjacent to an activating group) is 1. The minimum atomic E-state index is -0.00586. The molecule has 1 atom stereocenters. The lowest BCUT2D eigenvalue weighted by Gasteiger charge is -2.26. The smallest absolute Gasteiger partial charge is 0.179 e. The molecule has 17 heavy (non-hydrogen) atoms. The van der Waals surface area contributed by atoms with E-state index >= 15 is 0 Å². The van der Waals surface area contributed by atoms with Crippen LogP contribution in [0.2, 0.25) is 0 Å². The Balaban J connectivity index is 2.10. The maximum absolute atomic E-state index is 12.3. The van der Waals surface area contributed by atoms with Crippen molar-refractivity contribution in [2.75, 3.05) is 6.54 Å². The minimum absolute atomic E-state index is 0.00586. The van der Waals surface area contributed by atoms with E-state index in [1.165, 1.54) is 12.8 Å². The fraction of sp³-hybridized carbons (Fsp3) is 0.500. The number of ketones is 1. The molecule has 0 saturated heterocycles. The van der Waals surface area contributed by atoms with Gasteiger partial charge in [0.25, 0.3) is 0 Å². The summed E-state index contributed by atoms with van der Waals surface area (Å²) in [7, 11) is 0. The van der Waals surface area contributed by atoms with Crippen molar-refractivity contribution in [2.24, 2.45) is 0 Å². The summed E-state index contributed by atoms with van der Waals surface area (Å²) in [5, 5.41) is 0. The van der Waals surface area contributed by atoms with Crippen LogP contribution in [0.4, 0.5) is 0 Å². The zero-order chi connectivity index (χ0) is 12.4. The molecule has 0 aromatic heterocycles. The Morgan fingerprint density at radius 1 is 1.41 bits per heavy atom. The van der Waals surface area contributed by atoms with Crippen LogP contribution >= 0.6 is 15.9 Å². The van der Waals surface area contributed by atoms with Gasteiger partial charge < -0.3 is 0 Å². The van der Waals surface area contributed by atoms with Crippen LogP contribution in [-0.4, -0.2) is 29.3 Å². The number of rotatable bonds is 5. The number of carbonyl (C=O) groups excluding carboxylic acids is 1. The highest BCUT2D eigenvalue weighted by molar-refractivity contribution is 9.10. The van der Waals surface area contributed by atoms with Crippen molar-refractivity contribution in [2.45, 2.75) is 38.8 Å². The highest BCUT2D eigenvalue weighted by atomic mass is 79.9. The molecule has 1 aliphatic carbocycles. The molecule has 92 valence electrons. The van der Waals surface area contributed by atoms with E-state index in [4.69, 9.17) is 0 Å². The average molecular weight is 296 g/mol. The van der Waals surface area contributed by atoms with Crippen molar-refractivity contribution in [3.05, 3.63) is 34.3 Å². The molecule has 0 aliphatic heterocycles. The zero-order valence-electron chi connectivity index (χ0n) is 10.3. The van der Waals surface area contributed by atoms with Crippen molar-refractivity contribution in [3.63, 3.8) is 0 Å². The van der Waals surface area contributed by atoms with Gasteiger partial charge in [0.2, 0.25) is 0 Å². The first kappa shape index (κ1) is 12.8. The average Bonchev–Trinajstić information content (AvgIpc) is 3.14. The fourth-order valence-electron chi connectivity index (χ4n) is 2.26. The molecular formula is C14H18BrNO. The third-order valence-corrected chi connectivity index (χ3v) is 3.92. The van der Waals surface area contributed by atoms with Crippen LogP contribution in [-0.2, 0) is 0 Å². The van der Waals surface area contributed by atoms with Gasteiger partial charge in [0.1, 0.15) is 0 Å². The fourth-order valence-corrected chi connectivity index (χ4v) is 2.52. The molecule has 0 radical (unpaired) electrons. The molecule has 0 bridgehead atoms. The normalized spacial score (nSPS) is 17.2. The number of hydrogen-bond donors (Lipinski definition) is 0. The van der Waals surface area contributed by atoms with E-state index in [0.717, 1.165) is 16.6 Å². The van der Waals surface area contributed by atoms with E-state index in [1.807, 2.05) is 31.2 Å². The van der Waals surface area contributed by atoms with E-state index < -0.39 is 0 Å². The molecule has 1 fully saturated rings. The molecule has 0 spiro atoms. The lowest BCUT2D eigenvalue weighted by Crippen LogP contribution is -2.40. The van der Waals surface area contributed by atoms with Gasteiger partial charge in [-0.25, -0.2) is 0 Å². The van der Waals surface area contributed by atoms with Crippen LogP contribution in [0.25, 0.3) is 0 Å². The zero-order valence-corrected chi connectivity index (χ0v) is 11.9. The molecule has 0 heterocycles. The Morgan fingerprint density at radius 2 is 2.00 bits per heavy atom. The maximum atomic E-state index is 12.3. The molecule has 2 rings (SSSR count). The highest BCUT2D eigenvalue weighted by Crippen LogP contribution is 2.29. The predicted octanol–water partition coefficient (Wildman–Crippen LogP) is 3.50. The summed E-state index contributed by atoms with van der Waals surface area (Å²) in [4.78, 5) is 14.6. The summed E-state index contributed by atoms with van der Waals surface area (Å²) in [6.45, 7) is 5.10. The quantitative estimate of drug-likeness (QED) is 0.775. The second kappa shape index (κ2) is 5.32. The van der Waals surface area contributed by atoms with Crippen molar-refractivity contribution in [1.29, 1.82) is 0 Å². The maximum Gasteiger partial charge on any atom is 0.179 e. The molecule has 1 unspecified atom stereocenters. The van der Waals surface area contributed by atoms with Gasteiger partial charge in [-0.1, -0.05) is 35.0 Å². The van der Waals surface area contributed by atoms with Crippen LogP contribution in [0.3, 0.4) is 0 Å². The van der Waals surface area contributed by atoms with Crippen molar-refractivity contribution in [1.82, 2.24) is 4.90 Å². The van der Waals surface area contributed by atoms with E-state index in [2.05, 4.69) is 27.8 Å². The molecule has 1 aromatic carbocycles. The van der Waals surface area contributed by atoms with E-state index in [9.17, 15) is 4.79 Å². The standard InChI is InChI=1S/C14H18BrNO/c1-3-16(13-8-9-13)10(2)14(17)11-4-6-12(15)7-5-11/h4-7,10,13H,3,8-9H2,1-2H3. The Kier molecular flexibility index (Phi) is 4.00. The van der Waals surface area contributed by atoms with Crippen molar-refractivity contribution < 1.29 is 4.79 Å². The van der Waals surface area contributed by atoms with Gasteiger partial charge in [0.15, 0.2) is 5.78 Å². The summed E-state index contributed by atoms with van der Waals surface area (Å²) in [5.74, 6) is 0.228. The summed E-state index contributed by atoms with van der Waals surface area (Å²) >= 11 is 3.39. The summed E-state index contributed by atoms with van der Waals surface area (Å²) in [6.07, 6.45) is 2.48. The number of benzene rings is 1. The number of halogens is 1. The van der Waals surface area contributed by atoms with E-state index in [0.29, 0.717) is 6.04 Å². The molecule has 1 aliphatic rings. The Bertz CT molecular complexity index is 397. The van der Waals surface area contributed by atoms with E-state index in [-0.39, 0.29) is 11.8 Å².